The van der Waals surface area contributed by atoms with E-state index in [4.69, 9.17) is 16.6 Å². The third kappa shape index (κ3) is 3.08. The summed E-state index contributed by atoms with van der Waals surface area (Å²) in [6.07, 6.45) is 9.62. The van der Waals surface area contributed by atoms with Crippen LogP contribution < -0.4 is 5.32 Å². The van der Waals surface area contributed by atoms with Crippen LogP contribution in [0.5, 0.6) is 0 Å². The Morgan fingerprint density at radius 3 is 3.00 bits per heavy atom. The lowest BCUT2D eigenvalue weighted by Crippen LogP contribution is -2.22. The largest absolute Gasteiger partial charge is 0.301 e. The van der Waals surface area contributed by atoms with Crippen LogP contribution in [-0.2, 0) is 4.79 Å². The Morgan fingerprint density at radius 2 is 2.17 bits per heavy atom. The highest BCUT2D eigenvalue weighted by atomic mass is 35.5. The number of thioether (sulfide) groups is 1. The summed E-state index contributed by atoms with van der Waals surface area (Å²) >= 11 is 7.62. The number of carbonyl (C=O) groups excluding carboxylic acids is 1. The van der Waals surface area contributed by atoms with Crippen molar-refractivity contribution in [3.63, 3.8) is 0 Å². The maximum absolute atomic E-state index is 12.2. The quantitative estimate of drug-likeness (QED) is 0.827. The number of hydrogen-bond acceptors (Lipinski definition) is 4. The summed E-state index contributed by atoms with van der Waals surface area (Å²) < 4.78 is 1.87. The maximum atomic E-state index is 12.2. The number of amides is 1. The summed E-state index contributed by atoms with van der Waals surface area (Å²) in [6.45, 7) is 0. The Balaban J connectivity index is 1.61. The number of rotatable bonds is 2. The highest BCUT2D eigenvalue weighted by molar-refractivity contribution is 8.18. The van der Waals surface area contributed by atoms with Crippen LogP contribution in [-0.4, -0.2) is 26.5 Å². The number of amidine groups is 1. The first-order valence-electron chi connectivity index (χ1n) is 8.12. The number of nitrogens with one attached hydrogen (secondary N) is 1. The summed E-state index contributed by atoms with van der Waals surface area (Å²) in [5.74, 6) is -0.128. The van der Waals surface area contributed by atoms with Gasteiger partial charge in [-0.2, -0.15) is 0 Å². The van der Waals surface area contributed by atoms with E-state index in [1.165, 1.54) is 31.0 Å². The Hall–Kier alpha value is -1.79. The number of aromatic nitrogens is 2. The van der Waals surface area contributed by atoms with Crippen LogP contribution in [0.25, 0.3) is 11.7 Å². The van der Waals surface area contributed by atoms with Crippen molar-refractivity contribution in [2.24, 2.45) is 4.99 Å². The van der Waals surface area contributed by atoms with Crippen LogP contribution in [0.2, 0.25) is 5.15 Å². The normalized spacial score (nSPS) is 22.6. The Morgan fingerprint density at radius 1 is 1.33 bits per heavy atom. The minimum Gasteiger partial charge on any atom is -0.301 e. The summed E-state index contributed by atoms with van der Waals surface area (Å²) in [5.41, 5.74) is 1.47. The van der Waals surface area contributed by atoms with E-state index in [0.29, 0.717) is 27.0 Å². The van der Waals surface area contributed by atoms with Crippen LogP contribution in [0.15, 0.2) is 34.3 Å². The van der Waals surface area contributed by atoms with Gasteiger partial charge in [0.25, 0.3) is 5.91 Å². The number of aliphatic imine (C=N–C) groups is 1. The lowest BCUT2D eigenvalue weighted by Gasteiger charge is -2.17. The molecular weight excluding hydrogens is 344 g/mol. The van der Waals surface area contributed by atoms with E-state index in [-0.39, 0.29) is 5.91 Å². The lowest BCUT2D eigenvalue weighted by atomic mass is 9.96. The minimum absolute atomic E-state index is 0.128. The SMILES string of the molecule is O=C1NC(=NC2CCCCC2)S/C1=C\c1c(Cl)nc2ccccn12. The fraction of sp³-hybridized carbons (Fsp3) is 0.353. The number of fused-ring (bicyclic) bond motifs is 1. The van der Waals surface area contributed by atoms with Crippen LogP contribution in [0, 0.1) is 0 Å². The van der Waals surface area contributed by atoms with Gasteiger partial charge in [-0.3, -0.25) is 14.2 Å². The maximum Gasteiger partial charge on any atom is 0.264 e. The van der Waals surface area contributed by atoms with Gasteiger partial charge in [0.1, 0.15) is 5.65 Å². The second kappa shape index (κ2) is 6.61. The van der Waals surface area contributed by atoms with E-state index in [1.54, 1.807) is 6.08 Å². The zero-order valence-corrected chi connectivity index (χ0v) is 14.6. The van der Waals surface area contributed by atoms with Gasteiger partial charge < -0.3 is 5.32 Å². The van der Waals surface area contributed by atoms with E-state index < -0.39 is 0 Å². The molecule has 1 N–H and O–H groups in total. The molecule has 1 aliphatic heterocycles. The van der Waals surface area contributed by atoms with Crippen molar-refractivity contribution in [1.29, 1.82) is 0 Å². The van der Waals surface area contributed by atoms with Gasteiger partial charge in [0.2, 0.25) is 0 Å². The second-order valence-electron chi connectivity index (χ2n) is 6.01. The number of nitrogens with zero attached hydrogens (tertiary/aromatic N) is 3. The number of imidazole rings is 1. The van der Waals surface area contributed by atoms with E-state index in [0.717, 1.165) is 18.5 Å². The van der Waals surface area contributed by atoms with Crippen LogP contribution >= 0.6 is 23.4 Å². The molecule has 1 saturated carbocycles. The minimum atomic E-state index is -0.128. The molecule has 24 heavy (non-hydrogen) atoms. The fourth-order valence-corrected chi connectivity index (χ4v) is 4.20. The zero-order valence-electron chi connectivity index (χ0n) is 13.0. The van der Waals surface area contributed by atoms with Gasteiger partial charge in [-0.25, -0.2) is 4.98 Å². The first-order valence-corrected chi connectivity index (χ1v) is 9.31. The topological polar surface area (TPSA) is 58.8 Å². The average Bonchev–Trinajstić information content (AvgIpc) is 3.09. The van der Waals surface area contributed by atoms with E-state index in [1.807, 2.05) is 28.8 Å². The first-order chi connectivity index (χ1) is 11.7. The Bertz CT molecular complexity index is 851. The lowest BCUT2D eigenvalue weighted by molar-refractivity contribution is -0.115. The van der Waals surface area contributed by atoms with Crippen molar-refractivity contribution in [3.8, 4) is 0 Å². The molecule has 1 saturated heterocycles. The van der Waals surface area contributed by atoms with Gasteiger partial charge in [-0.1, -0.05) is 36.9 Å². The van der Waals surface area contributed by atoms with Crippen LogP contribution in [0.3, 0.4) is 0 Å². The summed E-state index contributed by atoms with van der Waals surface area (Å²) in [6, 6.07) is 6.03. The Labute approximate surface area is 149 Å². The van der Waals surface area contributed by atoms with Crippen LogP contribution in [0.1, 0.15) is 37.8 Å². The molecule has 0 bridgehead atoms. The number of carbonyl (C=O) groups is 1. The van der Waals surface area contributed by atoms with Crippen molar-refractivity contribution in [1.82, 2.24) is 14.7 Å². The van der Waals surface area contributed by atoms with Gasteiger partial charge in [0.15, 0.2) is 10.3 Å². The van der Waals surface area contributed by atoms with Gasteiger partial charge in [0, 0.05) is 6.20 Å². The highest BCUT2D eigenvalue weighted by Gasteiger charge is 2.26. The predicted octanol–water partition coefficient (Wildman–Crippen LogP) is 3.88. The standard InChI is InChI=1S/C17H17ClN4OS/c18-15-12(22-9-5-4-8-14(22)20-15)10-13-16(23)21-17(24-13)19-11-6-2-1-3-7-11/h4-5,8-11H,1-3,6-7H2,(H,19,21,23)/b13-10-. The molecule has 0 aromatic carbocycles. The third-order valence-corrected chi connectivity index (χ3v) is 5.52. The van der Waals surface area contributed by atoms with Gasteiger partial charge >= 0.3 is 0 Å². The molecule has 2 aliphatic rings. The van der Waals surface area contributed by atoms with Crippen molar-refractivity contribution in [3.05, 3.63) is 40.1 Å². The number of hydrogen-bond donors (Lipinski definition) is 1. The summed E-state index contributed by atoms with van der Waals surface area (Å²) in [7, 11) is 0. The van der Waals surface area contributed by atoms with E-state index >= 15 is 0 Å². The number of pyridine rings is 1. The monoisotopic (exact) mass is 360 g/mol. The smallest absolute Gasteiger partial charge is 0.264 e. The molecule has 2 fully saturated rings. The van der Waals surface area contributed by atoms with Crippen molar-refractivity contribution in [2.75, 3.05) is 0 Å². The molecule has 0 atom stereocenters. The summed E-state index contributed by atoms with van der Waals surface area (Å²) in [5, 5.41) is 3.95. The summed E-state index contributed by atoms with van der Waals surface area (Å²) in [4.78, 5) is 21.8. The molecule has 5 nitrogen and oxygen atoms in total. The van der Waals surface area contributed by atoms with Gasteiger partial charge in [0.05, 0.1) is 16.6 Å². The first kappa shape index (κ1) is 15.7. The zero-order chi connectivity index (χ0) is 16.5. The molecule has 0 spiro atoms. The van der Waals surface area contributed by atoms with Crippen molar-refractivity contribution in [2.45, 2.75) is 38.1 Å². The van der Waals surface area contributed by atoms with Crippen LogP contribution in [0.4, 0.5) is 0 Å². The fourth-order valence-electron chi connectivity index (χ4n) is 3.10. The van der Waals surface area contributed by atoms with Crippen molar-refractivity contribution < 1.29 is 4.79 Å². The van der Waals surface area contributed by atoms with Gasteiger partial charge in [-0.15, -0.1) is 0 Å². The molecular formula is C17H17ClN4OS. The molecule has 124 valence electrons. The molecule has 3 heterocycles. The second-order valence-corrected chi connectivity index (χ2v) is 7.40. The predicted molar refractivity (Wildman–Crippen MR) is 98.2 cm³/mol. The molecule has 1 amide bonds. The third-order valence-electron chi connectivity index (χ3n) is 4.32. The highest BCUT2D eigenvalue weighted by Crippen LogP contribution is 2.30. The van der Waals surface area contributed by atoms with Gasteiger partial charge in [-0.05, 0) is 42.8 Å². The molecule has 0 radical (unpaired) electrons. The molecule has 2 aromatic heterocycles. The van der Waals surface area contributed by atoms with E-state index in [9.17, 15) is 4.79 Å². The number of halogens is 1. The molecule has 2 aromatic rings. The van der Waals surface area contributed by atoms with Crippen molar-refractivity contribution >= 4 is 46.2 Å². The molecule has 0 unspecified atom stereocenters. The van der Waals surface area contributed by atoms with E-state index in [2.05, 4.69) is 10.3 Å². The molecule has 7 heteroatoms. The average molecular weight is 361 g/mol. The molecule has 1 aliphatic carbocycles. The Kier molecular flexibility index (Phi) is 4.33. The molecule has 4 rings (SSSR count).